The summed E-state index contributed by atoms with van der Waals surface area (Å²) in [5, 5.41) is 3.42. The standard InChI is InChI=1S/C14H20BrFN2/c1-2-18(13-4-3-7-17-9-13)10-11-5-6-12(15)8-14(11)16/h5-6,8,13,17H,2-4,7,9-10H2,1H3. The molecule has 2 nitrogen and oxygen atoms in total. The Balaban J connectivity index is 2.04. The van der Waals surface area contributed by atoms with Gasteiger partial charge in [0.15, 0.2) is 0 Å². The maximum atomic E-state index is 13.8. The Kier molecular flexibility index (Phi) is 5.15. The number of benzene rings is 1. The molecule has 0 bridgehead atoms. The van der Waals surface area contributed by atoms with Crippen LogP contribution < -0.4 is 5.32 Å². The van der Waals surface area contributed by atoms with Gasteiger partial charge in [-0.05, 0) is 38.1 Å². The topological polar surface area (TPSA) is 15.3 Å². The highest BCUT2D eigenvalue weighted by molar-refractivity contribution is 9.10. The fourth-order valence-corrected chi connectivity index (χ4v) is 2.85. The molecule has 1 aromatic rings. The van der Waals surface area contributed by atoms with Gasteiger partial charge in [-0.15, -0.1) is 0 Å². The molecule has 100 valence electrons. The van der Waals surface area contributed by atoms with Crippen molar-refractivity contribution in [3.63, 3.8) is 0 Å². The van der Waals surface area contributed by atoms with Crippen LogP contribution in [0.25, 0.3) is 0 Å². The highest BCUT2D eigenvalue weighted by Crippen LogP contribution is 2.19. The normalized spacial score (nSPS) is 20.3. The fraction of sp³-hybridized carbons (Fsp3) is 0.571. The summed E-state index contributed by atoms with van der Waals surface area (Å²) in [4.78, 5) is 2.36. The third kappa shape index (κ3) is 3.53. The van der Waals surface area contributed by atoms with E-state index in [0.29, 0.717) is 12.6 Å². The van der Waals surface area contributed by atoms with Crippen molar-refractivity contribution in [2.75, 3.05) is 19.6 Å². The lowest BCUT2D eigenvalue weighted by Gasteiger charge is -2.34. The molecule has 0 saturated carbocycles. The summed E-state index contributed by atoms with van der Waals surface area (Å²) in [7, 11) is 0. The van der Waals surface area contributed by atoms with Gasteiger partial charge in [-0.3, -0.25) is 4.90 Å². The minimum Gasteiger partial charge on any atom is -0.315 e. The van der Waals surface area contributed by atoms with Crippen LogP contribution in [0.4, 0.5) is 4.39 Å². The van der Waals surface area contributed by atoms with Crippen molar-refractivity contribution in [2.24, 2.45) is 0 Å². The van der Waals surface area contributed by atoms with E-state index >= 15 is 0 Å². The number of nitrogens with zero attached hydrogens (tertiary/aromatic N) is 1. The van der Waals surface area contributed by atoms with E-state index in [1.165, 1.54) is 12.8 Å². The molecule has 0 spiro atoms. The number of nitrogens with one attached hydrogen (secondary N) is 1. The Bertz CT molecular complexity index is 391. The average Bonchev–Trinajstić information content (AvgIpc) is 2.39. The lowest BCUT2D eigenvalue weighted by molar-refractivity contribution is 0.164. The zero-order valence-corrected chi connectivity index (χ0v) is 12.3. The molecule has 1 heterocycles. The third-order valence-electron chi connectivity index (χ3n) is 3.58. The Morgan fingerprint density at radius 1 is 1.50 bits per heavy atom. The van der Waals surface area contributed by atoms with Crippen LogP contribution in [0.1, 0.15) is 25.3 Å². The zero-order valence-electron chi connectivity index (χ0n) is 10.8. The average molecular weight is 315 g/mol. The Morgan fingerprint density at radius 3 is 2.94 bits per heavy atom. The van der Waals surface area contributed by atoms with Gasteiger partial charge in [0, 0.05) is 29.2 Å². The monoisotopic (exact) mass is 314 g/mol. The van der Waals surface area contributed by atoms with Crippen LogP contribution in [-0.4, -0.2) is 30.6 Å². The fourth-order valence-electron chi connectivity index (χ4n) is 2.51. The van der Waals surface area contributed by atoms with Crippen LogP contribution in [0.2, 0.25) is 0 Å². The first kappa shape index (κ1) is 14.0. The zero-order chi connectivity index (χ0) is 13.0. The first-order chi connectivity index (χ1) is 8.70. The summed E-state index contributed by atoms with van der Waals surface area (Å²) in [6.07, 6.45) is 2.42. The SMILES string of the molecule is CCN(Cc1ccc(Br)cc1F)C1CCCNC1. The first-order valence-electron chi connectivity index (χ1n) is 6.59. The van der Waals surface area contributed by atoms with Gasteiger partial charge in [0.25, 0.3) is 0 Å². The molecular weight excluding hydrogens is 295 g/mol. The van der Waals surface area contributed by atoms with Gasteiger partial charge >= 0.3 is 0 Å². The van der Waals surface area contributed by atoms with Crippen LogP contribution in [0.5, 0.6) is 0 Å². The van der Waals surface area contributed by atoms with Gasteiger partial charge in [-0.25, -0.2) is 4.39 Å². The van der Waals surface area contributed by atoms with Crippen LogP contribution in [0.3, 0.4) is 0 Å². The molecule has 1 unspecified atom stereocenters. The second-order valence-electron chi connectivity index (χ2n) is 4.80. The van der Waals surface area contributed by atoms with Crippen molar-refractivity contribution in [1.82, 2.24) is 10.2 Å². The van der Waals surface area contributed by atoms with Crippen LogP contribution >= 0.6 is 15.9 Å². The Morgan fingerprint density at radius 2 is 2.33 bits per heavy atom. The van der Waals surface area contributed by atoms with Gasteiger partial charge in [-0.2, -0.15) is 0 Å². The minimum absolute atomic E-state index is 0.119. The number of hydrogen-bond donors (Lipinski definition) is 1. The van der Waals surface area contributed by atoms with E-state index in [4.69, 9.17) is 0 Å². The van der Waals surface area contributed by atoms with E-state index in [2.05, 4.69) is 33.1 Å². The van der Waals surface area contributed by atoms with Crippen LogP contribution in [-0.2, 0) is 6.54 Å². The summed E-state index contributed by atoms with van der Waals surface area (Å²) in [6.45, 7) is 5.93. The predicted octanol–water partition coefficient (Wildman–Crippen LogP) is 3.16. The first-order valence-corrected chi connectivity index (χ1v) is 7.38. The molecular formula is C14H20BrFN2. The molecule has 2 rings (SSSR count). The summed E-state index contributed by atoms with van der Waals surface area (Å²) < 4.78 is 14.6. The molecule has 4 heteroatoms. The van der Waals surface area contributed by atoms with Gasteiger partial charge in [0.05, 0.1) is 0 Å². The van der Waals surface area contributed by atoms with Crippen molar-refractivity contribution in [1.29, 1.82) is 0 Å². The molecule has 0 amide bonds. The second-order valence-corrected chi connectivity index (χ2v) is 5.71. The number of likely N-dealkylation sites (N-methyl/N-ethyl adjacent to an activating group) is 1. The predicted molar refractivity (Wildman–Crippen MR) is 76.1 cm³/mol. The van der Waals surface area contributed by atoms with Gasteiger partial charge in [0.2, 0.25) is 0 Å². The molecule has 1 aromatic carbocycles. The number of halogens is 2. The third-order valence-corrected chi connectivity index (χ3v) is 4.08. The second kappa shape index (κ2) is 6.64. The lowest BCUT2D eigenvalue weighted by atomic mass is 10.0. The number of hydrogen-bond acceptors (Lipinski definition) is 2. The summed E-state index contributed by atoms with van der Waals surface area (Å²) in [6, 6.07) is 5.86. The van der Waals surface area contributed by atoms with Crippen LogP contribution in [0.15, 0.2) is 22.7 Å². The lowest BCUT2D eigenvalue weighted by Crippen LogP contribution is -2.45. The smallest absolute Gasteiger partial charge is 0.128 e. The molecule has 0 aromatic heterocycles. The molecule has 0 aliphatic carbocycles. The largest absolute Gasteiger partial charge is 0.315 e. The van der Waals surface area contributed by atoms with Crippen molar-refractivity contribution in [3.8, 4) is 0 Å². The summed E-state index contributed by atoms with van der Waals surface area (Å²) in [5.74, 6) is -0.119. The molecule has 1 aliphatic rings. The molecule has 1 fully saturated rings. The van der Waals surface area contributed by atoms with Crippen molar-refractivity contribution >= 4 is 15.9 Å². The Hall–Kier alpha value is -0.450. The maximum absolute atomic E-state index is 13.8. The van der Waals surface area contributed by atoms with E-state index < -0.39 is 0 Å². The Labute approximate surface area is 117 Å². The van der Waals surface area contributed by atoms with Crippen molar-refractivity contribution < 1.29 is 4.39 Å². The molecule has 18 heavy (non-hydrogen) atoms. The summed E-state index contributed by atoms with van der Waals surface area (Å²) in [5.41, 5.74) is 0.783. The molecule has 1 saturated heterocycles. The summed E-state index contributed by atoms with van der Waals surface area (Å²) >= 11 is 3.29. The van der Waals surface area contributed by atoms with E-state index in [1.807, 2.05) is 12.1 Å². The van der Waals surface area contributed by atoms with Crippen LogP contribution in [0, 0.1) is 5.82 Å². The van der Waals surface area contributed by atoms with E-state index in [0.717, 1.165) is 29.7 Å². The minimum atomic E-state index is -0.119. The van der Waals surface area contributed by atoms with Crippen molar-refractivity contribution in [3.05, 3.63) is 34.1 Å². The van der Waals surface area contributed by atoms with Gasteiger partial charge < -0.3 is 5.32 Å². The van der Waals surface area contributed by atoms with Gasteiger partial charge in [0.1, 0.15) is 5.82 Å². The molecule has 1 atom stereocenters. The molecule has 1 aliphatic heterocycles. The quantitative estimate of drug-likeness (QED) is 0.918. The molecule has 0 radical (unpaired) electrons. The van der Waals surface area contributed by atoms with Gasteiger partial charge in [-0.1, -0.05) is 28.9 Å². The maximum Gasteiger partial charge on any atom is 0.128 e. The highest BCUT2D eigenvalue weighted by Gasteiger charge is 2.20. The van der Waals surface area contributed by atoms with Crippen molar-refractivity contribution in [2.45, 2.75) is 32.4 Å². The highest BCUT2D eigenvalue weighted by atomic mass is 79.9. The molecule has 1 N–H and O–H groups in total. The number of piperidine rings is 1. The van der Waals surface area contributed by atoms with E-state index in [1.54, 1.807) is 6.07 Å². The van der Waals surface area contributed by atoms with E-state index in [9.17, 15) is 4.39 Å². The number of rotatable bonds is 4. The van der Waals surface area contributed by atoms with E-state index in [-0.39, 0.29) is 5.82 Å².